The van der Waals surface area contributed by atoms with E-state index in [1.54, 1.807) is 0 Å². The lowest BCUT2D eigenvalue weighted by atomic mass is 9.87. The first-order valence-corrected chi connectivity index (χ1v) is 7.75. The molecular formula is C15H28N2O. The number of hydrogen-bond donors (Lipinski definition) is 1. The number of nitrogens with zero attached hydrogens (tertiary/aromatic N) is 1. The molecule has 0 aromatic heterocycles. The molecule has 1 saturated heterocycles. The number of rotatable bonds is 4. The lowest BCUT2D eigenvalue weighted by Gasteiger charge is -2.30. The Bertz CT molecular complexity index is 272. The monoisotopic (exact) mass is 252 g/mol. The van der Waals surface area contributed by atoms with Crippen LogP contribution in [0.3, 0.4) is 0 Å². The minimum absolute atomic E-state index is 0.157. The third-order valence-electron chi connectivity index (χ3n) is 4.54. The third kappa shape index (κ3) is 3.47. The fourth-order valence-corrected chi connectivity index (χ4v) is 3.38. The molecule has 2 rings (SSSR count). The van der Waals surface area contributed by atoms with Crippen molar-refractivity contribution < 1.29 is 4.79 Å². The molecule has 0 spiro atoms. The number of amides is 1. The van der Waals surface area contributed by atoms with Crippen LogP contribution in [0.1, 0.15) is 58.8 Å². The van der Waals surface area contributed by atoms with Crippen molar-refractivity contribution in [3.05, 3.63) is 0 Å². The zero-order valence-electron chi connectivity index (χ0n) is 12.0. The summed E-state index contributed by atoms with van der Waals surface area (Å²) in [7, 11) is 0. The molecule has 2 aliphatic rings. The average molecular weight is 252 g/mol. The first-order valence-electron chi connectivity index (χ1n) is 7.75. The molecule has 1 N–H and O–H groups in total. The van der Waals surface area contributed by atoms with Crippen LogP contribution in [0.5, 0.6) is 0 Å². The molecule has 0 aromatic rings. The fraction of sp³-hybridized carbons (Fsp3) is 0.933. The molecule has 1 heterocycles. The van der Waals surface area contributed by atoms with E-state index in [1.807, 2.05) is 0 Å². The van der Waals surface area contributed by atoms with E-state index >= 15 is 0 Å². The van der Waals surface area contributed by atoms with Gasteiger partial charge in [0, 0.05) is 6.04 Å². The van der Waals surface area contributed by atoms with Crippen LogP contribution in [0.25, 0.3) is 0 Å². The van der Waals surface area contributed by atoms with Gasteiger partial charge in [0.05, 0.1) is 6.04 Å². The zero-order chi connectivity index (χ0) is 13.0. The van der Waals surface area contributed by atoms with E-state index in [0.717, 1.165) is 31.8 Å². The highest BCUT2D eigenvalue weighted by Crippen LogP contribution is 2.24. The largest absolute Gasteiger partial charge is 0.352 e. The van der Waals surface area contributed by atoms with Crippen molar-refractivity contribution in [3.8, 4) is 0 Å². The van der Waals surface area contributed by atoms with E-state index in [0.29, 0.717) is 11.9 Å². The van der Waals surface area contributed by atoms with Crippen LogP contribution in [-0.4, -0.2) is 36.0 Å². The first-order chi connectivity index (χ1) is 8.70. The molecule has 1 aliphatic carbocycles. The molecule has 0 unspecified atom stereocenters. The van der Waals surface area contributed by atoms with Crippen molar-refractivity contribution in [2.75, 3.05) is 13.1 Å². The molecule has 1 saturated carbocycles. The van der Waals surface area contributed by atoms with Gasteiger partial charge in [0.1, 0.15) is 0 Å². The maximum absolute atomic E-state index is 12.3. The minimum atomic E-state index is 0.157. The topological polar surface area (TPSA) is 32.3 Å². The van der Waals surface area contributed by atoms with Gasteiger partial charge in [0.25, 0.3) is 0 Å². The van der Waals surface area contributed by atoms with Gasteiger partial charge in [-0.25, -0.2) is 0 Å². The molecule has 1 atom stereocenters. The lowest BCUT2D eigenvalue weighted by molar-refractivity contribution is -0.126. The Morgan fingerprint density at radius 1 is 1.22 bits per heavy atom. The highest BCUT2D eigenvalue weighted by Gasteiger charge is 2.31. The van der Waals surface area contributed by atoms with Crippen molar-refractivity contribution in [2.45, 2.75) is 70.9 Å². The van der Waals surface area contributed by atoms with Gasteiger partial charge in [-0.1, -0.05) is 13.8 Å². The van der Waals surface area contributed by atoms with Crippen LogP contribution >= 0.6 is 0 Å². The summed E-state index contributed by atoms with van der Waals surface area (Å²) in [5, 5.41) is 3.29. The Hall–Kier alpha value is -0.570. The lowest BCUT2D eigenvalue weighted by Crippen LogP contribution is -2.47. The zero-order valence-corrected chi connectivity index (χ0v) is 12.0. The van der Waals surface area contributed by atoms with Crippen molar-refractivity contribution in [1.29, 1.82) is 0 Å². The van der Waals surface area contributed by atoms with E-state index in [9.17, 15) is 4.79 Å². The molecule has 0 radical (unpaired) electrons. The van der Waals surface area contributed by atoms with E-state index in [-0.39, 0.29) is 6.04 Å². The number of nitrogens with one attached hydrogen (secondary N) is 1. The maximum atomic E-state index is 12.3. The second kappa shape index (κ2) is 6.55. The Morgan fingerprint density at radius 2 is 1.94 bits per heavy atom. The number of likely N-dealkylation sites (tertiary alicyclic amines) is 1. The first kappa shape index (κ1) is 13.9. The molecule has 3 nitrogen and oxygen atoms in total. The summed E-state index contributed by atoms with van der Waals surface area (Å²) >= 11 is 0. The summed E-state index contributed by atoms with van der Waals surface area (Å²) in [5.74, 6) is 1.14. The number of hydrogen-bond acceptors (Lipinski definition) is 2. The summed E-state index contributed by atoms with van der Waals surface area (Å²) in [6.07, 6.45) is 8.27. The quantitative estimate of drug-likeness (QED) is 0.834. The highest BCUT2D eigenvalue weighted by atomic mass is 16.2. The van der Waals surface area contributed by atoms with Crippen LogP contribution in [0.15, 0.2) is 0 Å². The van der Waals surface area contributed by atoms with Gasteiger partial charge < -0.3 is 5.32 Å². The molecular weight excluding hydrogens is 224 g/mol. The molecule has 104 valence electrons. The molecule has 0 bridgehead atoms. The van der Waals surface area contributed by atoms with Crippen molar-refractivity contribution in [2.24, 2.45) is 5.92 Å². The van der Waals surface area contributed by atoms with Gasteiger partial charge in [-0.2, -0.15) is 0 Å². The van der Waals surface area contributed by atoms with Crippen molar-refractivity contribution in [1.82, 2.24) is 10.2 Å². The summed E-state index contributed by atoms with van der Waals surface area (Å²) in [4.78, 5) is 14.7. The van der Waals surface area contributed by atoms with Crippen molar-refractivity contribution in [3.63, 3.8) is 0 Å². The van der Waals surface area contributed by atoms with E-state index in [4.69, 9.17) is 0 Å². The number of carbonyl (C=O) groups excluding carboxylic acids is 1. The molecule has 0 aromatic carbocycles. The molecule has 3 heteroatoms. The van der Waals surface area contributed by atoms with Crippen LogP contribution in [0.2, 0.25) is 0 Å². The normalized spacial score (nSPS) is 33.6. The Morgan fingerprint density at radius 3 is 2.61 bits per heavy atom. The minimum Gasteiger partial charge on any atom is -0.352 e. The van der Waals surface area contributed by atoms with Gasteiger partial charge in [0.2, 0.25) is 5.91 Å². The van der Waals surface area contributed by atoms with Crippen molar-refractivity contribution >= 4 is 5.91 Å². The molecule has 2 fully saturated rings. The molecule has 1 amide bonds. The van der Waals surface area contributed by atoms with Gasteiger partial charge in [-0.15, -0.1) is 0 Å². The van der Waals surface area contributed by atoms with Crippen LogP contribution in [-0.2, 0) is 4.79 Å². The number of carbonyl (C=O) groups is 1. The second-order valence-corrected chi connectivity index (χ2v) is 6.16. The predicted octanol–water partition coefficient (Wildman–Crippen LogP) is 2.56. The summed E-state index contributed by atoms with van der Waals surface area (Å²) in [6, 6.07) is 0.599. The van der Waals surface area contributed by atoms with E-state index in [1.165, 1.54) is 32.1 Å². The van der Waals surface area contributed by atoms with Crippen LogP contribution in [0.4, 0.5) is 0 Å². The Labute approximate surface area is 111 Å². The standard InChI is InChI=1S/C15H28N2O/c1-3-10-17-11-4-5-14(17)15(18)16-13-8-6-12(2)7-9-13/h12-14H,3-11H2,1-2H3,(H,16,18)/t12?,13?,14-/m1/s1. The van der Waals surface area contributed by atoms with Crippen LogP contribution in [0, 0.1) is 5.92 Å². The van der Waals surface area contributed by atoms with Gasteiger partial charge in [0.15, 0.2) is 0 Å². The van der Waals surface area contributed by atoms with Gasteiger partial charge >= 0.3 is 0 Å². The second-order valence-electron chi connectivity index (χ2n) is 6.16. The average Bonchev–Trinajstić information content (AvgIpc) is 2.81. The van der Waals surface area contributed by atoms with E-state index < -0.39 is 0 Å². The summed E-state index contributed by atoms with van der Waals surface area (Å²) < 4.78 is 0. The predicted molar refractivity (Wildman–Crippen MR) is 74.4 cm³/mol. The Kier molecular flexibility index (Phi) is 5.04. The summed E-state index contributed by atoms with van der Waals surface area (Å²) in [5.41, 5.74) is 0. The van der Waals surface area contributed by atoms with E-state index in [2.05, 4.69) is 24.1 Å². The van der Waals surface area contributed by atoms with Crippen LogP contribution < -0.4 is 5.32 Å². The SMILES string of the molecule is CCCN1CCC[C@@H]1C(=O)NC1CCC(C)CC1. The molecule has 1 aliphatic heterocycles. The fourth-order valence-electron chi connectivity index (χ4n) is 3.38. The third-order valence-corrected chi connectivity index (χ3v) is 4.54. The van der Waals surface area contributed by atoms with Gasteiger partial charge in [-0.05, 0) is 64.0 Å². The Balaban J connectivity index is 1.80. The van der Waals surface area contributed by atoms with Gasteiger partial charge in [-0.3, -0.25) is 9.69 Å². The highest BCUT2D eigenvalue weighted by molar-refractivity contribution is 5.82. The maximum Gasteiger partial charge on any atom is 0.237 e. The summed E-state index contributed by atoms with van der Waals surface area (Å²) in [6.45, 7) is 6.68. The smallest absolute Gasteiger partial charge is 0.237 e. The molecule has 18 heavy (non-hydrogen) atoms.